The number of nitrogens with two attached hydrogens (primary N) is 1. The van der Waals surface area contributed by atoms with Gasteiger partial charge >= 0.3 is 0 Å². The van der Waals surface area contributed by atoms with Crippen LogP contribution < -0.4 is 10.5 Å². The van der Waals surface area contributed by atoms with E-state index in [1.807, 2.05) is 18.2 Å². The number of nitrogens with zero attached hydrogens (tertiary/aromatic N) is 2. The van der Waals surface area contributed by atoms with Crippen molar-refractivity contribution in [3.8, 4) is 5.75 Å². The molecular formula is C16H23N3O. The van der Waals surface area contributed by atoms with E-state index in [0.717, 1.165) is 18.8 Å². The van der Waals surface area contributed by atoms with Crippen LogP contribution in [0, 0.1) is 0 Å². The van der Waals surface area contributed by atoms with Gasteiger partial charge in [-0.3, -0.25) is 4.99 Å². The zero-order valence-corrected chi connectivity index (χ0v) is 12.3. The van der Waals surface area contributed by atoms with Crippen LogP contribution in [0.5, 0.6) is 5.75 Å². The van der Waals surface area contributed by atoms with Crippen molar-refractivity contribution in [2.45, 2.75) is 25.8 Å². The Balaban J connectivity index is 2.19. The van der Waals surface area contributed by atoms with Crippen molar-refractivity contribution in [1.82, 2.24) is 4.90 Å². The van der Waals surface area contributed by atoms with Crippen LogP contribution >= 0.6 is 0 Å². The van der Waals surface area contributed by atoms with E-state index in [9.17, 15) is 0 Å². The largest absolute Gasteiger partial charge is 0.494 e. The molecular weight excluding hydrogens is 250 g/mol. The molecule has 0 saturated heterocycles. The number of guanidine groups is 1. The molecule has 0 aliphatic carbocycles. The Morgan fingerprint density at radius 1 is 1.45 bits per heavy atom. The molecule has 108 valence electrons. The predicted molar refractivity (Wildman–Crippen MR) is 83.0 cm³/mol. The summed E-state index contributed by atoms with van der Waals surface area (Å²) in [6, 6.07) is 8.21. The minimum Gasteiger partial charge on any atom is -0.494 e. The Kier molecular flexibility index (Phi) is 4.32. The summed E-state index contributed by atoms with van der Waals surface area (Å²) >= 11 is 0. The van der Waals surface area contributed by atoms with E-state index in [-0.39, 0.29) is 5.54 Å². The van der Waals surface area contributed by atoms with Crippen molar-refractivity contribution < 1.29 is 4.74 Å². The van der Waals surface area contributed by atoms with Crippen molar-refractivity contribution >= 4 is 5.96 Å². The average Bonchev–Trinajstić information content (AvgIpc) is 2.75. The van der Waals surface area contributed by atoms with E-state index in [2.05, 4.69) is 42.5 Å². The predicted octanol–water partition coefficient (Wildman–Crippen LogP) is 2.51. The summed E-state index contributed by atoms with van der Waals surface area (Å²) in [4.78, 5) is 6.46. The maximum Gasteiger partial charge on any atom is 0.192 e. The maximum absolute atomic E-state index is 5.98. The first kappa shape index (κ1) is 14.4. The monoisotopic (exact) mass is 273 g/mol. The van der Waals surface area contributed by atoms with Gasteiger partial charge in [-0.25, -0.2) is 0 Å². The fraction of sp³-hybridized carbons (Fsp3) is 0.438. The van der Waals surface area contributed by atoms with Crippen LogP contribution in [0.3, 0.4) is 0 Å². The first-order valence-corrected chi connectivity index (χ1v) is 7.03. The highest BCUT2D eigenvalue weighted by Gasteiger charge is 2.38. The lowest BCUT2D eigenvalue weighted by molar-refractivity contribution is 0.244. The summed E-state index contributed by atoms with van der Waals surface area (Å²) in [6.45, 7) is 10.2. The molecule has 0 bridgehead atoms. The van der Waals surface area contributed by atoms with Gasteiger partial charge in [0.05, 0.1) is 18.7 Å². The van der Waals surface area contributed by atoms with Crippen LogP contribution in [-0.4, -0.2) is 30.6 Å². The molecule has 1 aromatic carbocycles. The van der Waals surface area contributed by atoms with Gasteiger partial charge in [-0.1, -0.05) is 25.1 Å². The SMILES string of the molecule is C=CCN1C(N)=NCC1(C)c1ccc(OCCC)cc1. The van der Waals surface area contributed by atoms with Gasteiger partial charge in [0, 0.05) is 6.54 Å². The second kappa shape index (κ2) is 5.99. The quantitative estimate of drug-likeness (QED) is 0.810. The van der Waals surface area contributed by atoms with E-state index in [4.69, 9.17) is 10.5 Å². The van der Waals surface area contributed by atoms with Crippen molar-refractivity contribution in [2.24, 2.45) is 10.7 Å². The van der Waals surface area contributed by atoms with Crippen molar-refractivity contribution in [3.63, 3.8) is 0 Å². The maximum atomic E-state index is 5.98. The van der Waals surface area contributed by atoms with Gasteiger partial charge in [0.1, 0.15) is 5.75 Å². The molecule has 2 rings (SSSR count). The summed E-state index contributed by atoms with van der Waals surface area (Å²) in [6.07, 6.45) is 2.86. The second-order valence-electron chi connectivity index (χ2n) is 5.22. The van der Waals surface area contributed by atoms with Gasteiger partial charge in [-0.15, -0.1) is 6.58 Å². The number of hydrogen-bond donors (Lipinski definition) is 1. The summed E-state index contributed by atoms with van der Waals surface area (Å²) < 4.78 is 5.62. The third-order valence-electron chi connectivity index (χ3n) is 3.68. The minimum atomic E-state index is -0.207. The minimum absolute atomic E-state index is 0.207. The Hall–Kier alpha value is -1.97. The zero-order chi connectivity index (χ0) is 14.6. The van der Waals surface area contributed by atoms with Gasteiger partial charge in [0.25, 0.3) is 0 Å². The Morgan fingerprint density at radius 2 is 2.15 bits per heavy atom. The lowest BCUT2D eigenvalue weighted by atomic mass is 9.91. The average molecular weight is 273 g/mol. The third-order valence-corrected chi connectivity index (χ3v) is 3.68. The molecule has 1 heterocycles. The van der Waals surface area contributed by atoms with Crippen LogP contribution in [0.15, 0.2) is 41.9 Å². The standard InChI is InChI=1S/C16H23N3O/c1-4-10-19-15(17)18-12-16(19,3)13-6-8-14(9-7-13)20-11-5-2/h4,6-9H,1,5,10-12H2,2-3H3,(H2,17,18). The molecule has 4 heteroatoms. The van der Waals surface area contributed by atoms with Crippen LogP contribution in [0.2, 0.25) is 0 Å². The van der Waals surface area contributed by atoms with Crippen LogP contribution in [-0.2, 0) is 5.54 Å². The van der Waals surface area contributed by atoms with Crippen LogP contribution in [0.1, 0.15) is 25.8 Å². The fourth-order valence-electron chi connectivity index (χ4n) is 2.46. The molecule has 0 fully saturated rings. The van der Waals surface area contributed by atoms with E-state index in [1.54, 1.807) is 0 Å². The van der Waals surface area contributed by atoms with Crippen molar-refractivity contribution in [2.75, 3.05) is 19.7 Å². The molecule has 1 atom stereocenters. The molecule has 4 nitrogen and oxygen atoms in total. The summed E-state index contributed by atoms with van der Waals surface area (Å²) in [5, 5.41) is 0. The Morgan fingerprint density at radius 3 is 2.75 bits per heavy atom. The molecule has 0 spiro atoms. The van der Waals surface area contributed by atoms with Gasteiger partial charge in [-0.05, 0) is 31.0 Å². The lowest BCUT2D eigenvalue weighted by Gasteiger charge is -2.36. The van der Waals surface area contributed by atoms with Crippen molar-refractivity contribution in [1.29, 1.82) is 0 Å². The smallest absolute Gasteiger partial charge is 0.192 e. The number of ether oxygens (including phenoxy) is 1. The molecule has 0 aromatic heterocycles. The molecule has 0 radical (unpaired) electrons. The second-order valence-corrected chi connectivity index (χ2v) is 5.22. The molecule has 0 amide bonds. The molecule has 1 aliphatic rings. The van der Waals surface area contributed by atoms with Crippen LogP contribution in [0.4, 0.5) is 0 Å². The molecule has 2 N–H and O–H groups in total. The Bertz CT molecular complexity index is 495. The van der Waals surface area contributed by atoms with Gasteiger partial charge in [0.2, 0.25) is 0 Å². The first-order valence-electron chi connectivity index (χ1n) is 7.03. The highest BCUT2D eigenvalue weighted by molar-refractivity contribution is 5.81. The van der Waals surface area contributed by atoms with E-state index in [1.165, 1.54) is 5.56 Å². The number of aliphatic imine (C=N–C) groups is 1. The first-order chi connectivity index (χ1) is 9.61. The van der Waals surface area contributed by atoms with E-state index >= 15 is 0 Å². The van der Waals surface area contributed by atoms with E-state index in [0.29, 0.717) is 19.0 Å². The zero-order valence-electron chi connectivity index (χ0n) is 12.3. The number of rotatable bonds is 6. The van der Waals surface area contributed by atoms with Crippen molar-refractivity contribution in [3.05, 3.63) is 42.5 Å². The number of benzene rings is 1. The fourth-order valence-corrected chi connectivity index (χ4v) is 2.46. The van der Waals surface area contributed by atoms with E-state index < -0.39 is 0 Å². The topological polar surface area (TPSA) is 50.8 Å². The summed E-state index contributed by atoms with van der Waals surface area (Å²) in [7, 11) is 0. The summed E-state index contributed by atoms with van der Waals surface area (Å²) in [5.74, 6) is 1.49. The lowest BCUT2D eigenvalue weighted by Crippen LogP contribution is -2.47. The van der Waals surface area contributed by atoms with Crippen LogP contribution in [0.25, 0.3) is 0 Å². The van der Waals surface area contributed by atoms with Gasteiger partial charge < -0.3 is 15.4 Å². The third kappa shape index (κ3) is 2.64. The normalized spacial score (nSPS) is 21.7. The van der Waals surface area contributed by atoms with Gasteiger partial charge in [0.15, 0.2) is 5.96 Å². The molecule has 20 heavy (non-hydrogen) atoms. The Labute approximate surface area is 120 Å². The number of hydrogen-bond acceptors (Lipinski definition) is 4. The molecule has 1 aromatic rings. The highest BCUT2D eigenvalue weighted by Crippen LogP contribution is 2.33. The summed E-state index contributed by atoms with van der Waals surface area (Å²) in [5.41, 5.74) is 6.96. The molecule has 1 aliphatic heterocycles. The molecule has 0 saturated carbocycles. The van der Waals surface area contributed by atoms with Gasteiger partial charge in [-0.2, -0.15) is 0 Å². The molecule has 1 unspecified atom stereocenters. The highest BCUT2D eigenvalue weighted by atomic mass is 16.5.